The lowest BCUT2D eigenvalue weighted by Gasteiger charge is -2.18. The zero-order valence-corrected chi connectivity index (χ0v) is 11.8. The van der Waals surface area contributed by atoms with Gasteiger partial charge in [-0.25, -0.2) is 4.39 Å². The molecule has 1 N–H and O–H groups in total. The molecular weight excluding hydrogens is 243 g/mol. The second kappa shape index (κ2) is 8.64. The van der Waals surface area contributed by atoms with Crippen LogP contribution in [0.1, 0.15) is 25.8 Å². The number of amides is 1. The number of nitrogens with zero attached hydrogens (tertiary/aromatic N) is 1. The second-order valence-corrected chi connectivity index (χ2v) is 4.41. The van der Waals surface area contributed by atoms with Crippen molar-refractivity contribution in [1.29, 1.82) is 0 Å². The molecule has 0 fully saturated rings. The van der Waals surface area contributed by atoms with E-state index >= 15 is 0 Å². The van der Waals surface area contributed by atoms with E-state index < -0.39 is 0 Å². The number of nitrogens with one attached hydrogen (secondary N) is 1. The van der Waals surface area contributed by atoms with Gasteiger partial charge in [-0.3, -0.25) is 4.79 Å². The summed E-state index contributed by atoms with van der Waals surface area (Å²) < 4.78 is 13.3. The summed E-state index contributed by atoms with van der Waals surface area (Å²) >= 11 is 0. The Bertz CT molecular complexity index is 391. The Morgan fingerprint density at radius 1 is 1.21 bits per heavy atom. The topological polar surface area (TPSA) is 32.3 Å². The highest BCUT2D eigenvalue weighted by Gasteiger charge is 2.08. The van der Waals surface area contributed by atoms with Gasteiger partial charge in [0.15, 0.2) is 0 Å². The highest BCUT2D eigenvalue weighted by Crippen LogP contribution is 2.06. The molecule has 0 spiro atoms. The van der Waals surface area contributed by atoms with Crippen LogP contribution in [0, 0.1) is 5.82 Å². The number of benzene rings is 1. The molecule has 1 rings (SSSR count). The van der Waals surface area contributed by atoms with Crippen LogP contribution in [0.3, 0.4) is 0 Å². The lowest BCUT2D eigenvalue weighted by Crippen LogP contribution is -2.33. The highest BCUT2D eigenvalue weighted by molar-refractivity contribution is 5.76. The van der Waals surface area contributed by atoms with Crippen molar-refractivity contribution in [3.05, 3.63) is 35.6 Å². The van der Waals surface area contributed by atoms with Crippen molar-refractivity contribution >= 4 is 5.91 Å². The van der Waals surface area contributed by atoms with Gasteiger partial charge >= 0.3 is 0 Å². The normalized spacial score (nSPS) is 10.5. The van der Waals surface area contributed by atoms with Crippen LogP contribution < -0.4 is 5.32 Å². The minimum absolute atomic E-state index is 0.163. The van der Waals surface area contributed by atoms with Crippen LogP contribution in [0.5, 0.6) is 0 Å². The van der Waals surface area contributed by atoms with Crippen LogP contribution in [0.4, 0.5) is 4.39 Å². The van der Waals surface area contributed by atoms with Crippen molar-refractivity contribution in [2.75, 3.05) is 26.2 Å². The van der Waals surface area contributed by atoms with Crippen molar-refractivity contribution < 1.29 is 9.18 Å². The average molecular weight is 266 g/mol. The van der Waals surface area contributed by atoms with Gasteiger partial charge in [0, 0.05) is 26.1 Å². The Balaban J connectivity index is 2.18. The Kier molecular flexibility index (Phi) is 7.11. The molecule has 1 aromatic rings. The van der Waals surface area contributed by atoms with Gasteiger partial charge in [0.25, 0.3) is 0 Å². The SMILES string of the molecule is CCN(CC)C(=O)CCNCCc1ccccc1F. The van der Waals surface area contributed by atoms with E-state index in [-0.39, 0.29) is 11.7 Å². The maximum Gasteiger partial charge on any atom is 0.223 e. The van der Waals surface area contributed by atoms with E-state index in [9.17, 15) is 9.18 Å². The molecule has 0 radical (unpaired) electrons. The van der Waals surface area contributed by atoms with E-state index in [2.05, 4.69) is 5.32 Å². The fraction of sp³-hybridized carbons (Fsp3) is 0.533. The predicted molar refractivity (Wildman–Crippen MR) is 75.5 cm³/mol. The van der Waals surface area contributed by atoms with Crippen molar-refractivity contribution in [2.45, 2.75) is 26.7 Å². The number of carbonyl (C=O) groups excluding carboxylic acids is 1. The van der Waals surface area contributed by atoms with Gasteiger partial charge in [0.1, 0.15) is 5.82 Å². The fourth-order valence-corrected chi connectivity index (χ4v) is 1.98. The molecule has 0 bridgehead atoms. The summed E-state index contributed by atoms with van der Waals surface area (Å²) in [5.74, 6) is 0.00640. The molecule has 0 saturated carbocycles. The molecule has 0 aliphatic carbocycles. The Morgan fingerprint density at radius 2 is 1.89 bits per heavy atom. The first-order valence-corrected chi connectivity index (χ1v) is 6.90. The molecule has 3 nitrogen and oxygen atoms in total. The van der Waals surface area contributed by atoms with Gasteiger partial charge in [-0.05, 0) is 38.4 Å². The molecule has 1 amide bonds. The summed E-state index contributed by atoms with van der Waals surface area (Å²) in [5, 5.41) is 3.18. The number of hydrogen-bond acceptors (Lipinski definition) is 2. The molecule has 106 valence electrons. The molecule has 0 unspecified atom stereocenters. The lowest BCUT2D eigenvalue weighted by atomic mass is 10.1. The van der Waals surface area contributed by atoms with Crippen LogP contribution in [-0.2, 0) is 11.2 Å². The zero-order valence-electron chi connectivity index (χ0n) is 11.8. The van der Waals surface area contributed by atoms with E-state index in [1.165, 1.54) is 6.07 Å². The summed E-state index contributed by atoms with van der Waals surface area (Å²) in [6.45, 7) is 6.80. The summed E-state index contributed by atoms with van der Waals surface area (Å²) in [5.41, 5.74) is 0.713. The van der Waals surface area contributed by atoms with Gasteiger partial charge in [-0.2, -0.15) is 0 Å². The maximum absolute atomic E-state index is 13.3. The molecule has 0 heterocycles. The van der Waals surface area contributed by atoms with Crippen LogP contribution in [-0.4, -0.2) is 37.0 Å². The average Bonchev–Trinajstić information content (AvgIpc) is 2.42. The predicted octanol–water partition coefficient (Wildman–Crippen LogP) is 2.22. The molecule has 19 heavy (non-hydrogen) atoms. The molecule has 0 aliphatic rings. The van der Waals surface area contributed by atoms with Crippen molar-refractivity contribution in [1.82, 2.24) is 10.2 Å². The summed E-state index contributed by atoms with van der Waals surface area (Å²) in [6.07, 6.45) is 1.14. The minimum Gasteiger partial charge on any atom is -0.343 e. The van der Waals surface area contributed by atoms with E-state index in [1.807, 2.05) is 24.8 Å². The molecule has 0 atom stereocenters. The summed E-state index contributed by atoms with van der Waals surface area (Å²) in [7, 11) is 0. The van der Waals surface area contributed by atoms with Crippen LogP contribution in [0.2, 0.25) is 0 Å². The molecular formula is C15H23FN2O. The van der Waals surface area contributed by atoms with Crippen molar-refractivity contribution in [2.24, 2.45) is 0 Å². The van der Waals surface area contributed by atoms with E-state index in [4.69, 9.17) is 0 Å². The minimum atomic E-state index is -0.163. The number of carbonyl (C=O) groups is 1. The first-order chi connectivity index (χ1) is 9.19. The van der Waals surface area contributed by atoms with Gasteiger partial charge in [0.05, 0.1) is 0 Å². The third-order valence-corrected chi connectivity index (χ3v) is 3.16. The Labute approximate surface area is 114 Å². The third kappa shape index (κ3) is 5.39. The smallest absolute Gasteiger partial charge is 0.223 e. The van der Waals surface area contributed by atoms with E-state index in [1.54, 1.807) is 12.1 Å². The Morgan fingerprint density at radius 3 is 2.53 bits per heavy atom. The molecule has 1 aromatic carbocycles. The first kappa shape index (κ1) is 15.6. The molecule has 0 aromatic heterocycles. The largest absolute Gasteiger partial charge is 0.343 e. The third-order valence-electron chi connectivity index (χ3n) is 3.16. The van der Waals surface area contributed by atoms with Crippen LogP contribution >= 0.6 is 0 Å². The van der Waals surface area contributed by atoms with Crippen molar-refractivity contribution in [3.63, 3.8) is 0 Å². The molecule has 0 aliphatic heterocycles. The van der Waals surface area contributed by atoms with Crippen LogP contribution in [0.25, 0.3) is 0 Å². The summed E-state index contributed by atoms with van der Waals surface area (Å²) in [4.78, 5) is 13.5. The highest BCUT2D eigenvalue weighted by atomic mass is 19.1. The molecule has 4 heteroatoms. The van der Waals surface area contributed by atoms with Gasteiger partial charge in [-0.1, -0.05) is 18.2 Å². The standard InChI is InChI=1S/C15H23FN2O/c1-3-18(4-2)15(19)10-12-17-11-9-13-7-5-6-8-14(13)16/h5-8,17H,3-4,9-12H2,1-2H3. The summed E-state index contributed by atoms with van der Waals surface area (Å²) in [6, 6.07) is 6.79. The molecule has 0 saturated heterocycles. The number of rotatable bonds is 8. The maximum atomic E-state index is 13.3. The van der Waals surface area contributed by atoms with Crippen molar-refractivity contribution in [3.8, 4) is 0 Å². The second-order valence-electron chi connectivity index (χ2n) is 4.41. The first-order valence-electron chi connectivity index (χ1n) is 6.90. The Hall–Kier alpha value is -1.42. The van der Waals surface area contributed by atoms with E-state index in [0.29, 0.717) is 31.5 Å². The van der Waals surface area contributed by atoms with Crippen LogP contribution in [0.15, 0.2) is 24.3 Å². The quantitative estimate of drug-likeness (QED) is 0.732. The van der Waals surface area contributed by atoms with Gasteiger partial charge in [-0.15, -0.1) is 0 Å². The zero-order chi connectivity index (χ0) is 14.1. The number of hydrogen-bond donors (Lipinski definition) is 1. The monoisotopic (exact) mass is 266 g/mol. The van der Waals surface area contributed by atoms with Gasteiger partial charge < -0.3 is 10.2 Å². The van der Waals surface area contributed by atoms with Gasteiger partial charge in [0.2, 0.25) is 5.91 Å². The number of halogens is 1. The lowest BCUT2D eigenvalue weighted by molar-refractivity contribution is -0.130. The van der Waals surface area contributed by atoms with E-state index in [0.717, 1.165) is 13.1 Å². The fourth-order valence-electron chi connectivity index (χ4n) is 1.98.